The number of nitrogens with zero attached hydrogens (tertiary/aromatic N) is 1. The number of nitrogens with two attached hydrogens (primary N) is 1. The molecule has 0 radical (unpaired) electrons. The molecule has 0 fully saturated rings. The van der Waals surface area contributed by atoms with Gasteiger partial charge in [0.25, 0.3) is 0 Å². The summed E-state index contributed by atoms with van der Waals surface area (Å²) in [6.07, 6.45) is 0. The number of aliphatic hydroxyl groups is 1. The second-order valence-electron chi connectivity index (χ2n) is 0.559. The van der Waals surface area contributed by atoms with Gasteiger partial charge in [-0.15, -0.1) is 0 Å². The van der Waals surface area contributed by atoms with Gasteiger partial charge in [-0.05, 0) is 0 Å². The van der Waals surface area contributed by atoms with Crippen LogP contribution in [-0.2, 0) is 0 Å². The molecule has 5 heavy (non-hydrogen) atoms. The summed E-state index contributed by atoms with van der Waals surface area (Å²) >= 11 is 0. The normalized spacial score (nSPS) is 9.60. The van der Waals surface area contributed by atoms with E-state index in [1.165, 1.54) is 0 Å². The Morgan fingerprint density at radius 2 is 2.20 bits per heavy atom. The molecule has 0 saturated heterocycles. The molecule has 4 nitrogen and oxygen atoms in total. The Balaban J connectivity index is 2.54. The van der Waals surface area contributed by atoms with Crippen molar-refractivity contribution in [2.24, 2.45) is 5.84 Å². The number of hydrazine groups is 1. The van der Waals surface area contributed by atoms with Gasteiger partial charge >= 0.3 is 0 Å². The minimum absolute atomic E-state index is 0.0694. The maximum atomic E-state index is 9.26. The smallest absolute Gasteiger partial charge is 0.0966 e. The lowest BCUT2D eigenvalue weighted by Crippen LogP contribution is -2.24. The summed E-state index contributed by atoms with van der Waals surface area (Å²) < 4.78 is 0. The van der Waals surface area contributed by atoms with Crippen LogP contribution in [0.1, 0.15) is 0 Å². The first-order valence-electron chi connectivity index (χ1n) is 1.07. The summed E-state index contributed by atoms with van der Waals surface area (Å²) in [4.78, 5) is 0. The predicted octanol–water partition coefficient (Wildman–Crippen LogP) is -1.39. The molecule has 0 amide bonds. The summed E-state index contributed by atoms with van der Waals surface area (Å²) in [7, 11) is 0. The van der Waals surface area contributed by atoms with Crippen LogP contribution >= 0.6 is 0 Å². The van der Waals surface area contributed by atoms with E-state index in [1.807, 2.05) is 0 Å². The molecular weight excluding hydrogens is 72.0 g/mol. The van der Waals surface area contributed by atoms with E-state index in [2.05, 4.69) is 5.84 Å². The summed E-state index contributed by atoms with van der Waals surface area (Å²) in [5, 5.41) is 16.8. The van der Waals surface area contributed by atoms with Crippen molar-refractivity contribution in [3.8, 4) is 0 Å². The van der Waals surface area contributed by atoms with Gasteiger partial charge in [0, 0.05) is 0 Å². The largest absolute Gasteiger partial charge is 0.770 e. The topological polar surface area (TPSA) is 72.5 Å². The third kappa shape index (κ3) is 3.84. The molecule has 0 rings (SSSR count). The van der Waals surface area contributed by atoms with Crippen LogP contribution in [0.15, 0.2) is 0 Å². The molecule has 0 aliphatic rings. The van der Waals surface area contributed by atoms with Gasteiger partial charge in [0.1, 0.15) is 0 Å². The average Bonchev–Trinajstić information content (AvgIpc) is 1.38. The first kappa shape index (κ1) is 4.84. The lowest BCUT2D eigenvalue weighted by Gasteiger charge is -2.15. The maximum absolute atomic E-state index is 9.26. The van der Waals surface area contributed by atoms with Gasteiger partial charge in [-0.3, -0.25) is 5.84 Å². The molecule has 0 unspecified atom stereocenters. The number of rotatable bonds is 1. The van der Waals surface area contributed by atoms with Gasteiger partial charge in [0.05, 0.1) is 6.73 Å². The van der Waals surface area contributed by atoms with Gasteiger partial charge < -0.3 is 15.5 Å². The van der Waals surface area contributed by atoms with Crippen LogP contribution < -0.4 is 5.84 Å². The van der Waals surface area contributed by atoms with Gasteiger partial charge in [0.15, 0.2) is 0 Å². The zero-order valence-corrected chi connectivity index (χ0v) is 2.59. The second-order valence-corrected chi connectivity index (χ2v) is 0.559. The number of hydroxylamine groups is 1. The Hall–Kier alpha value is -0.160. The van der Waals surface area contributed by atoms with E-state index < -0.39 is 6.73 Å². The van der Waals surface area contributed by atoms with Crippen LogP contribution in [0.25, 0.3) is 0 Å². The quantitative estimate of drug-likeness (QED) is 0.229. The molecule has 3 N–H and O–H groups in total. The first-order chi connectivity index (χ1) is 2.27. The standard InChI is InChI=1S/CH5N2O2/c2-3(5)1-4/h4H,1-2H2/q-1. The minimum atomic E-state index is -0.639. The highest BCUT2D eigenvalue weighted by Crippen LogP contribution is 1.55. The molecule has 0 aliphatic carbocycles. The van der Waals surface area contributed by atoms with E-state index in [0.29, 0.717) is 0 Å². The number of hydrogen-bond acceptors (Lipinski definition) is 4. The molecule has 0 atom stereocenters. The van der Waals surface area contributed by atoms with Crippen LogP contribution in [0.5, 0.6) is 0 Å². The summed E-state index contributed by atoms with van der Waals surface area (Å²) in [5.74, 6) is 4.32. The molecular formula is CH5N2O2-. The highest BCUT2D eigenvalue weighted by Gasteiger charge is 1.62. The van der Waals surface area contributed by atoms with Gasteiger partial charge in [0.2, 0.25) is 0 Å². The molecule has 0 spiro atoms. The molecule has 32 valence electrons. The minimum Gasteiger partial charge on any atom is -0.770 e. The summed E-state index contributed by atoms with van der Waals surface area (Å²) in [5.41, 5.74) is 0. The van der Waals surface area contributed by atoms with Gasteiger partial charge in [-0.25, -0.2) is 0 Å². The van der Waals surface area contributed by atoms with E-state index in [1.54, 1.807) is 0 Å². The highest BCUT2D eigenvalue weighted by molar-refractivity contribution is 4.27. The lowest BCUT2D eigenvalue weighted by molar-refractivity contribution is 0.153. The average molecular weight is 77.1 g/mol. The van der Waals surface area contributed by atoms with Crippen molar-refractivity contribution in [2.45, 2.75) is 0 Å². The molecule has 0 aromatic carbocycles. The first-order valence-corrected chi connectivity index (χ1v) is 1.07. The van der Waals surface area contributed by atoms with Crippen molar-refractivity contribution in [1.82, 2.24) is 5.17 Å². The fraction of sp³-hybridized carbons (Fsp3) is 1.00. The molecule has 0 aromatic rings. The van der Waals surface area contributed by atoms with E-state index in [-0.39, 0.29) is 5.17 Å². The van der Waals surface area contributed by atoms with Crippen molar-refractivity contribution < 1.29 is 5.11 Å². The van der Waals surface area contributed by atoms with Crippen LogP contribution in [0.4, 0.5) is 0 Å². The van der Waals surface area contributed by atoms with E-state index in [4.69, 9.17) is 5.11 Å². The van der Waals surface area contributed by atoms with Gasteiger partial charge in [-0.2, -0.15) is 0 Å². The van der Waals surface area contributed by atoms with Crippen molar-refractivity contribution >= 4 is 0 Å². The molecule has 0 aliphatic heterocycles. The van der Waals surface area contributed by atoms with E-state index in [0.717, 1.165) is 0 Å². The van der Waals surface area contributed by atoms with Crippen LogP contribution in [0.3, 0.4) is 0 Å². The Morgan fingerprint density at radius 3 is 2.20 bits per heavy atom. The van der Waals surface area contributed by atoms with E-state index >= 15 is 0 Å². The molecule has 0 aromatic heterocycles. The fourth-order valence-corrected chi connectivity index (χ4v) is 0. The summed E-state index contributed by atoms with van der Waals surface area (Å²) in [6.45, 7) is -0.639. The lowest BCUT2D eigenvalue weighted by atomic mass is 11.3. The molecule has 0 bridgehead atoms. The Labute approximate surface area is 29.4 Å². The summed E-state index contributed by atoms with van der Waals surface area (Å²) in [6, 6.07) is 0. The SMILES string of the molecule is NN([O-])CO. The van der Waals surface area contributed by atoms with E-state index in [9.17, 15) is 5.21 Å². The molecule has 0 heterocycles. The molecule has 0 saturated carbocycles. The fourth-order valence-electron chi connectivity index (χ4n) is 0. The molecule has 4 heteroatoms. The Morgan fingerprint density at radius 1 is 2.00 bits per heavy atom. The van der Waals surface area contributed by atoms with Gasteiger partial charge in [-0.1, -0.05) is 0 Å². The maximum Gasteiger partial charge on any atom is 0.0966 e. The third-order valence-electron chi connectivity index (χ3n) is 0.139. The zero-order valence-electron chi connectivity index (χ0n) is 2.59. The van der Waals surface area contributed by atoms with Crippen molar-refractivity contribution in [3.05, 3.63) is 5.21 Å². The Bertz CT molecular complexity index is 21.6. The Kier molecular flexibility index (Phi) is 2.03. The third-order valence-corrected chi connectivity index (χ3v) is 0.139. The second kappa shape index (κ2) is 2.10. The van der Waals surface area contributed by atoms with Crippen LogP contribution in [-0.4, -0.2) is 17.0 Å². The van der Waals surface area contributed by atoms with Crippen molar-refractivity contribution in [1.29, 1.82) is 0 Å². The van der Waals surface area contributed by atoms with Crippen LogP contribution in [0, 0.1) is 5.21 Å². The predicted molar refractivity (Wildman–Crippen MR) is 16.5 cm³/mol. The van der Waals surface area contributed by atoms with Crippen molar-refractivity contribution in [3.63, 3.8) is 0 Å². The zero-order chi connectivity index (χ0) is 4.28. The highest BCUT2D eigenvalue weighted by atomic mass is 16.6. The number of hydrogen-bond donors (Lipinski definition) is 2. The number of aliphatic hydroxyl groups excluding tert-OH is 1. The van der Waals surface area contributed by atoms with Crippen molar-refractivity contribution in [2.75, 3.05) is 6.73 Å². The monoisotopic (exact) mass is 77.0 g/mol. The van der Waals surface area contributed by atoms with Crippen LogP contribution in [0.2, 0.25) is 0 Å².